The van der Waals surface area contributed by atoms with E-state index in [-0.39, 0.29) is 11.9 Å². The number of hydrogen-bond acceptors (Lipinski definition) is 4. The molecule has 20 heavy (non-hydrogen) atoms. The molecule has 2 heterocycles. The molecule has 2 N–H and O–H groups in total. The second-order valence-corrected chi connectivity index (χ2v) is 5.07. The lowest BCUT2D eigenvalue weighted by Gasteiger charge is -2.20. The summed E-state index contributed by atoms with van der Waals surface area (Å²) in [7, 11) is 1.43. The normalized spacial score (nSPS) is 17.6. The minimum Gasteiger partial charge on any atom is -0.469 e. The molecule has 0 spiro atoms. The van der Waals surface area contributed by atoms with Gasteiger partial charge in [-0.25, -0.2) is 4.98 Å². The summed E-state index contributed by atoms with van der Waals surface area (Å²) in [4.78, 5) is 16.3. The van der Waals surface area contributed by atoms with E-state index in [4.69, 9.17) is 10.5 Å². The SMILES string of the molecule is COC(=O)C1CCn2cc(-c3cccc(N)c3)nc2C1. The molecule has 5 heteroatoms. The maximum absolute atomic E-state index is 11.6. The molecule has 5 nitrogen and oxygen atoms in total. The maximum Gasteiger partial charge on any atom is 0.309 e. The number of anilines is 1. The van der Waals surface area contributed by atoms with Crippen LogP contribution in [0.3, 0.4) is 0 Å². The number of hydrogen-bond donors (Lipinski definition) is 1. The number of nitrogen functional groups attached to an aromatic ring is 1. The highest BCUT2D eigenvalue weighted by atomic mass is 16.5. The van der Waals surface area contributed by atoms with Gasteiger partial charge in [0.2, 0.25) is 0 Å². The number of imidazole rings is 1. The molecule has 0 aliphatic carbocycles. The van der Waals surface area contributed by atoms with E-state index in [0.29, 0.717) is 6.42 Å². The molecule has 2 aromatic rings. The molecule has 1 aromatic heterocycles. The van der Waals surface area contributed by atoms with E-state index in [0.717, 1.165) is 35.7 Å². The Balaban J connectivity index is 1.89. The quantitative estimate of drug-likeness (QED) is 0.668. The number of aromatic nitrogens is 2. The molecule has 0 bridgehead atoms. The Labute approximate surface area is 117 Å². The van der Waals surface area contributed by atoms with Crippen LogP contribution in [0.4, 0.5) is 5.69 Å². The number of ether oxygens (including phenoxy) is 1. The van der Waals surface area contributed by atoms with Crippen LogP contribution in [0.25, 0.3) is 11.3 Å². The zero-order valence-electron chi connectivity index (χ0n) is 11.4. The number of nitrogens with two attached hydrogens (primary N) is 1. The number of carbonyl (C=O) groups excluding carboxylic acids is 1. The van der Waals surface area contributed by atoms with Gasteiger partial charge in [0.1, 0.15) is 5.82 Å². The predicted molar refractivity (Wildman–Crippen MR) is 75.9 cm³/mol. The van der Waals surface area contributed by atoms with Gasteiger partial charge in [0.15, 0.2) is 0 Å². The van der Waals surface area contributed by atoms with Crippen molar-refractivity contribution in [3.8, 4) is 11.3 Å². The second-order valence-electron chi connectivity index (χ2n) is 5.07. The Bertz CT molecular complexity index is 648. The summed E-state index contributed by atoms with van der Waals surface area (Å²) in [5, 5.41) is 0. The van der Waals surface area contributed by atoms with Crippen molar-refractivity contribution in [2.24, 2.45) is 5.92 Å². The minimum atomic E-state index is -0.148. The summed E-state index contributed by atoms with van der Waals surface area (Å²) in [5.74, 6) is 0.706. The fourth-order valence-corrected chi connectivity index (χ4v) is 2.63. The molecule has 1 aliphatic heterocycles. The van der Waals surface area contributed by atoms with Crippen molar-refractivity contribution in [3.05, 3.63) is 36.3 Å². The van der Waals surface area contributed by atoms with Crippen molar-refractivity contribution in [1.29, 1.82) is 0 Å². The fourth-order valence-electron chi connectivity index (χ4n) is 2.63. The Kier molecular flexibility index (Phi) is 3.18. The topological polar surface area (TPSA) is 70.1 Å². The van der Waals surface area contributed by atoms with Gasteiger partial charge in [0.25, 0.3) is 0 Å². The molecule has 0 amide bonds. The van der Waals surface area contributed by atoms with Crippen LogP contribution in [0.15, 0.2) is 30.5 Å². The standard InChI is InChI=1S/C15H17N3O2/c1-20-15(19)11-5-6-18-9-13(17-14(18)8-11)10-3-2-4-12(16)7-10/h2-4,7,9,11H,5-6,8,16H2,1H3. The molecule has 1 atom stereocenters. The number of carbonyl (C=O) groups is 1. The van der Waals surface area contributed by atoms with Gasteiger partial charge in [-0.3, -0.25) is 4.79 Å². The third-order valence-corrected chi connectivity index (χ3v) is 3.72. The van der Waals surface area contributed by atoms with E-state index in [1.54, 1.807) is 0 Å². The first kappa shape index (κ1) is 12.7. The van der Waals surface area contributed by atoms with Gasteiger partial charge >= 0.3 is 5.97 Å². The van der Waals surface area contributed by atoms with Crippen LogP contribution >= 0.6 is 0 Å². The fraction of sp³-hybridized carbons (Fsp3) is 0.333. The highest BCUT2D eigenvalue weighted by Crippen LogP contribution is 2.26. The average Bonchev–Trinajstić information content (AvgIpc) is 2.89. The Hall–Kier alpha value is -2.30. The molecule has 1 unspecified atom stereocenters. The van der Waals surface area contributed by atoms with Crippen LogP contribution in [0, 0.1) is 5.92 Å². The largest absolute Gasteiger partial charge is 0.469 e. The van der Waals surface area contributed by atoms with Crippen molar-refractivity contribution in [2.45, 2.75) is 19.4 Å². The first-order chi connectivity index (χ1) is 9.67. The van der Waals surface area contributed by atoms with E-state index in [9.17, 15) is 4.79 Å². The van der Waals surface area contributed by atoms with Crippen molar-refractivity contribution in [2.75, 3.05) is 12.8 Å². The number of fused-ring (bicyclic) bond motifs is 1. The smallest absolute Gasteiger partial charge is 0.309 e. The summed E-state index contributed by atoms with van der Waals surface area (Å²) in [6.07, 6.45) is 3.46. The summed E-state index contributed by atoms with van der Waals surface area (Å²) >= 11 is 0. The summed E-state index contributed by atoms with van der Waals surface area (Å²) in [6, 6.07) is 7.67. The molecular weight excluding hydrogens is 254 g/mol. The van der Waals surface area contributed by atoms with Crippen LogP contribution in [0.5, 0.6) is 0 Å². The molecule has 0 saturated carbocycles. The molecule has 3 rings (SSSR count). The van der Waals surface area contributed by atoms with Gasteiger partial charge in [0, 0.05) is 30.4 Å². The zero-order valence-corrected chi connectivity index (χ0v) is 11.4. The summed E-state index contributed by atoms with van der Waals surface area (Å²) in [5.41, 5.74) is 8.43. The molecular formula is C15H17N3O2. The van der Waals surface area contributed by atoms with E-state index < -0.39 is 0 Å². The van der Waals surface area contributed by atoms with Gasteiger partial charge in [-0.15, -0.1) is 0 Å². The lowest BCUT2D eigenvalue weighted by atomic mass is 9.98. The van der Waals surface area contributed by atoms with Gasteiger partial charge in [0.05, 0.1) is 18.7 Å². The van der Waals surface area contributed by atoms with Gasteiger partial charge < -0.3 is 15.0 Å². The third kappa shape index (κ3) is 2.27. The zero-order chi connectivity index (χ0) is 14.1. The van der Waals surface area contributed by atoms with E-state index in [1.807, 2.05) is 30.5 Å². The van der Waals surface area contributed by atoms with Gasteiger partial charge in [-0.2, -0.15) is 0 Å². The molecule has 104 valence electrons. The van der Waals surface area contributed by atoms with Crippen LogP contribution in [0.2, 0.25) is 0 Å². The molecule has 0 fully saturated rings. The number of rotatable bonds is 2. The monoisotopic (exact) mass is 271 g/mol. The van der Waals surface area contributed by atoms with Crippen LogP contribution in [0.1, 0.15) is 12.2 Å². The molecule has 1 aliphatic rings. The van der Waals surface area contributed by atoms with Crippen LogP contribution in [-0.2, 0) is 22.5 Å². The highest BCUT2D eigenvalue weighted by Gasteiger charge is 2.27. The molecule has 0 saturated heterocycles. The number of aryl methyl sites for hydroxylation is 1. The predicted octanol–water partition coefficient (Wildman–Crippen LogP) is 1.87. The number of benzene rings is 1. The number of nitrogens with zero attached hydrogens (tertiary/aromatic N) is 2. The first-order valence-electron chi connectivity index (χ1n) is 6.67. The molecule has 1 aromatic carbocycles. The highest BCUT2D eigenvalue weighted by molar-refractivity contribution is 5.72. The van der Waals surface area contributed by atoms with Crippen molar-refractivity contribution < 1.29 is 9.53 Å². The Morgan fingerprint density at radius 3 is 3.10 bits per heavy atom. The van der Waals surface area contributed by atoms with Crippen molar-refractivity contribution in [3.63, 3.8) is 0 Å². The van der Waals surface area contributed by atoms with E-state index in [2.05, 4.69) is 9.55 Å². The van der Waals surface area contributed by atoms with E-state index >= 15 is 0 Å². The minimum absolute atomic E-state index is 0.0800. The summed E-state index contributed by atoms with van der Waals surface area (Å²) in [6.45, 7) is 0.796. The molecule has 0 radical (unpaired) electrons. The van der Waals surface area contributed by atoms with Crippen LogP contribution < -0.4 is 5.73 Å². The Morgan fingerprint density at radius 2 is 2.35 bits per heavy atom. The second kappa shape index (κ2) is 5.00. The van der Waals surface area contributed by atoms with Crippen molar-refractivity contribution in [1.82, 2.24) is 9.55 Å². The van der Waals surface area contributed by atoms with E-state index in [1.165, 1.54) is 7.11 Å². The third-order valence-electron chi connectivity index (χ3n) is 3.72. The van der Waals surface area contributed by atoms with Gasteiger partial charge in [-0.05, 0) is 18.6 Å². The van der Waals surface area contributed by atoms with Crippen LogP contribution in [-0.4, -0.2) is 22.6 Å². The summed E-state index contributed by atoms with van der Waals surface area (Å²) < 4.78 is 6.93. The maximum atomic E-state index is 11.6. The van der Waals surface area contributed by atoms with Crippen molar-refractivity contribution >= 4 is 11.7 Å². The lowest BCUT2D eigenvalue weighted by molar-refractivity contribution is -0.146. The average molecular weight is 271 g/mol. The van der Waals surface area contributed by atoms with Gasteiger partial charge in [-0.1, -0.05) is 12.1 Å². The number of methoxy groups -OCH3 is 1. The first-order valence-corrected chi connectivity index (χ1v) is 6.67. The lowest BCUT2D eigenvalue weighted by Crippen LogP contribution is -2.26. The number of esters is 1. The Morgan fingerprint density at radius 1 is 1.50 bits per heavy atom.